The van der Waals surface area contributed by atoms with Crippen LogP contribution in [0.25, 0.3) is 0 Å². The fourth-order valence-corrected chi connectivity index (χ4v) is 1.67. The van der Waals surface area contributed by atoms with Gasteiger partial charge in [0.05, 0.1) is 7.11 Å². The fourth-order valence-electron chi connectivity index (χ4n) is 1.55. The van der Waals surface area contributed by atoms with E-state index in [0.29, 0.717) is 0 Å². The molecule has 1 aromatic rings. The molecule has 0 radical (unpaired) electrons. The van der Waals surface area contributed by atoms with E-state index in [1.807, 2.05) is 26.0 Å². The molecule has 0 aliphatic carbocycles. The van der Waals surface area contributed by atoms with Gasteiger partial charge in [-0.05, 0) is 37.1 Å². The van der Waals surface area contributed by atoms with E-state index in [4.69, 9.17) is 4.74 Å². The minimum Gasteiger partial charge on any atom is -0.496 e. The van der Waals surface area contributed by atoms with Gasteiger partial charge in [-0.3, -0.25) is 4.79 Å². The summed E-state index contributed by atoms with van der Waals surface area (Å²) in [6.07, 6.45) is 0. The van der Waals surface area contributed by atoms with E-state index in [1.165, 1.54) is 4.90 Å². The van der Waals surface area contributed by atoms with Crippen LogP contribution in [-0.2, 0) is 0 Å². The van der Waals surface area contributed by atoms with Gasteiger partial charge in [0, 0.05) is 12.7 Å². The first-order chi connectivity index (χ1) is 6.97. The Bertz CT molecular complexity index is 367. The number of methoxy groups -OCH3 is 1. The molecular formula is C11H15NO2S. The minimum absolute atomic E-state index is 0.279. The molecule has 3 nitrogen and oxygen atoms in total. The first kappa shape index (κ1) is 11.9. The molecule has 0 saturated heterocycles. The molecule has 0 spiro atoms. The van der Waals surface area contributed by atoms with Gasteiger partial charge in [-0.25, -0.2) is 0 Å². The smallest absolute Gasteiger partial charge is 0.282 e. The molecule has 0 heterocycles. The predicted molar refractivity (Wildman–Crippen MR) is 65.3 cm³/mol. The van der Waals surface area contributed by atoms with Crippen molar-refractivity contribution >= 4 is 23.6 Å². The highest BCUT2D eigenvalue weighted by Crippen LogP contribution is 2.28. The SMILES string of the molecule is COc1c(C)cc(N(C)C(=O)S)cc1C. The molecule has 0 unspecified atom stereocenters. The summed E-state index contributed by atoms with van der Waals surface area (Å²) in [5.74, 6) is 0.860. The molecular weight excluding hydrogens is 210 g/mol. The zero-order valence-electron chi connectivity index (χ0n) is 9.37. The lowest BCUT2D eigenvalue weighted by molar-refractivity contribution is 0.266. The predicted octanol–water partition coefficient (Wildman–Crippen LogP) is 2.80. The van der Waals surface area contributed by atoms with E-state index in [2.05, 4.69) is 12.6 Å². The minimum atomic E-state index is -0.279. The molecule has 0 aromatic heterocycles. The number of anilines is 1. The Hall–Kier alpha value is -1.16. The maximum absolute atomic E-state index is 11.1. The van der Waals surface area contributed by atoms with E-state index in [-0.39, 0.29) is 5.24 Å². The summed E-state index contributed by atoms with van der Waals surface area (Å²) in [7, 11) is 3.33. The van der Waals surface area contributed by atoms with E-state index < -0.39 is 0 Å². The fraction of sp³-hybridized carbons (Fsp3) is 0.364. The molecule has 4 heteroatoms. The van der Waals surface area contributed by atoms with E-state index in [9.17, 15) is 4.79 Å². The van der Waals surface area contributed by atoms with Crippen molar-refractivity contribution in [2.24, 2.45) is 0 Å². The van der Waals surface area contributed by atoms with Crippen molar-refractivity contribution in [3.05, 3.63) is 23.3 Å². The van der Waals surface area contributed by atoms with Crippen molar-refractivity contribution in [2.45, 2.75) is 13.8 Å². The Balaban J connectivity index is 3.19. The molecule has 0 atom stereocenters. The van der Waals surface area contributed by atoms with E-state index >= 15 is 0 Å². The van der Waals surface area contributed by atoms with Crippen LogP contribution < -0.4 is 9.64 Å². The quantitative estimate of drug-likeness (QED) is 0.784. The van der Waals surface area contributed by atoms with Crippen LogP contribution in [0.4, 0.5) is 10.5 Å². The summed E-state index contributed by atoms with van der Waals surface area (Å²) in [5, 5.41) is -0.279. The summed E-state index contributed by atoms with van der Waals surface area (Å²) in [4.78, 5) is 12.6. The van der Waals surface area contributed by atoms with Crippen molar-refractivity contribution in [2.75, 3.05) is 19.1 Å². The van der Waals surface area contributed by atoms with E-state index in [1.54, 1.807) is 14.2 Å². The molecule has 0 saturated carbocycles. The van der Waals surface area contributed by atoms with Crippen LogP contribution in [-0.4, -0.2) is 19.4 Å². The Morgan fingerprint density at radius 1 is 1.33 bits per heavy atom. The van der Waals surface area contributed by atoms with Gasteiger partial charge in [-0.2, -0.15) is 0 Å². The summed E-state index contributed by atoms with van der Waals surface area (Å²) in [6, 6.07) is 3.81. The molecule has 0 bridgehead atoms. The number of aryl methyl sites for hydroxylation is 2. The summed E-state index contributed by atoms with van der Waals surface area (Å²) in [6.45, 7) is 3.90. The van der Waals surface area contributed by atoms with Crippen molar-refractivity contribution in [3.8, 4) is 5.75 Å². The molecule has 1 rings (SSSR count). The van der Waals surface area contributed by atoms with Gasteiger partial charge in [0.15, 0.2) is 0 Å². The van der Waals surface area contributed by atoms with Crippen LogP contribution in [0.5, 0.6) is 5.75 Å². The van der Waals surface area contributed by atoms with Crippen LogP contribution in [0.2, 0.25) is 0 Å². The van der Waals surface area contributed by atoms with Crippen molar-refractivity contribution in [1.29, 1.82) is 0 Å². The molecule has 15 heavy (non-hydrogen) atoms. The standard InChI is InChI=1S/C11H15NO2S/c1-7-5-9(12(3)11(13)15)6-8(2)10(7)14-4/h5-6H,1-4H3,(H,13,15). The van der Waals surface area contributed by atoms with Gasteiger partial charge in [0.1, 0.15) is 5.75 Å². The first-order valence-corrected chi connectivity index (χ1v) is 5.04. The second-order valence-corrected chi connectivity index (χ2v) is 3.84. The van der Waals surface area contributed by atoms with Crippen molar-refractivity contribution in [3.63, 3.8) is 0 Å². The highest BCUT2D eigenvalue weighted by Gasteiger charge is 2.10. The van der Waals surface area contributed by atoms with Crippen molar-refractivity contribution < 1.29 is 9.53 Å². The van der Waals surface area contributed by atoms with Crippen LogP contribution in [0.3, 0.4) is 0 Å². The van der Waals surface area contributed by atoms with Crippen LogP contribution in [0.1, 0.15) is 11.1 Å². The largest absolute Gasteiger partial charge is 0.496 e. The van der Waals surface area contributed by atoms with Crippen LogP contribution in [0.15, 0.2) is 12.1 Å². The summed E-state index contributed by atoms with van der Waals surface area (Å²) >= 11 is 3.78. The second kappa shape index (κ2) is 4.57. The average Bonchev–Trinajstić information content (AvgIpc) is 2.15. The highest BCUT2D eigenvalue weighted by atomic mass is 32.1. The number of hydrogen-bond acceptors (Lipinski definition) is 2. The monoisotopic (exact) mass is 225 g/mol. The van der Waals surface area contributed by atoms with Gasteiger partial charge in [0.25, 0.3) is 5.24 Å². The number of benzene rings is 1. The van der Waals surface area contributed by atoms with Crippen LogP contribution in [0, 0.1) is 13.8 Å². The van der Waals surface area contributed by atoms with E-state index in [0.717, 1.165) is 22.6 Å². The second-order valence-electron chi connectivity index (χ2n) is 3.45. The third-order valence-electron chi connectivity index (χ3n) is 2.32. The number of carbonyl (C=O) groups is 1. The normalized spacial score (nSPS) is 9.93. The van der Waals surface area contributed by atoms with Gasteiger partial charge in [-0.15, -0.1) is 0 Å². The first-order valence-electron chi connectivity index (χ1n) is 4.59. The van der Waals surface area contributed by atoms with Crippen LogP contribution >= 0.6 is 12.6 Å². The number of thiol groups is 1. The molecule has 1 amide bonds. The topological polar surface area (TPSA) is 29.5 Å². The molecule has 1 aromatic carbocycles. The maximum Gasteiger partial charge on any atom is 0.282 e. The molecule has 0 aliphatic rings. The average molecular weight is 225 g/mol. The Kier molecular flexibility index (Phi) is 3.63. The Morgan fingerprint density at radius 2 is 1.80 bits per heavy atom. The number of nitrogens with zero attached hydrogens (tertiary/aromatic N) is 1. The summed E-state index contributed by atoms with van der Waals surface area (Å²) < 4.78 is 5.25. The lowest BCUT2D eigenvalue weighted by Crippen LogP contribution is -2.19. The number of ether oxygens (including phenoxy) is 1. The molecule has 82 valence electrons. The van der Waals surface area contributed by atoms with Gasteiger partial charge in [0.2, 0.25) is 0 Å². The maximum atomic E-state index is 11.1. The third kappa shape index (κ3) is 2.45. The molecule has 0 N–H and O–H groups in total. The molecule has 0 aliphatic heterocycles. The lowest BCUT2D eigenvalue weighted by Gasteiger charge is -2.17. The van der Waals surface area contributed by atoms with Crippen molar-refractivity contribution in [1.82, 2.24) is 0 Å². The zero-order chi connectivity index (χ0) is 11.6. The summed E-state index contributed by atoms with van der Waals surface area (Å²) in [5.41, 5.74) is 2.84. The molecule has 0 fully saturated rings. The third-order valence-corrected chi connectivity index (χ3v) is 2.62. The Labute approximate surface area is 95.4 Å². The number of hydrogen-bond donors (Lipinski definition) is 1. The number of rotatable bonds is 2. The van der Waals surface area contributed by atoms with Gasteiger partial charge >= 0.3 is 0 Å². The Morgan fingerprint density at radius 3 is 2.13 bits per heavy atom. The number of carbonyl (C=O) groups excluding carboxylic acids is 1. The lowest BCUT2D eigenvalue weighted by atomic mass is 10.1. The number of amides is 1. The van der Waals surface area contributed by atoms with Gasteiger partial charge < -0.3 is 9.64 Å². The zero-order valence-corrected chi connectivity index (χ0v) is 10.3. The van der Waals surface area contributed by atoms with Gasteiger partial charge in [-0.1, -0.05) is 12.6 Å². The highest BCUT2D eigenvalue weighted by molar-refractivity contribution is 7.96.